The van der Waals surface area contributed by atoms with Gasteiger partial charge in [0.25, 0.3) is 0 Å². The van der Waals surface area contributed by atoms with Gasteiger partial charge in [0.1, 0.15) is 0 Å². The van der Waals surface area contributed by atoms with E-state index in [1.165, 1.54) is 12.0 Å². The fraction of sp³-hybridized carbons (Fsp3) is 0.421. The van der Waals surface area contributed by atoms with Crippen LogP contribution in [0.3, 0.4) is 0 Å². The van der Waals surface area contributed by atoms with E-state index in [-0.39, 0.29) is 5.91 Å². The maximum atomic E-state index is 12.0. The van der Waals surface area contributed by atoms with Gasteiger partial charge in [0, 0.05) is 32.8 Å². The van der Waals surface area contributed by atoms with Crippen molar-refractivity contribution in [1.82, 2.24) is 9.80 Å². The van der Waals surface area contributed by atoms with Crippen molar-refractivity contribution in [3.05, 3.63) is 60.2 Å². The molecule has 1 saturated heterocycles. The first kappa shape index (κ1) is 16.5. The SMILES string of the molecule is C/C=C/C=C/C(=O)N(C)CC1CCN(Cc2ccccc2)C1. The Bertz CT molecular complexity index is 521. The molecule has 0 N–H and O–H groups in total. The van der Waals surface area contributed by atoms with E-state index in [0.717, 1.165) is 26.2 Å². The maximum absolute atomic E-state index is 12.0. The molecule has 1 fully saturated rings. The lowest BCUT2D eigenvalue weighted by molar-refractivity contribution is -0.125. The molecule has 0 aromatic heterocycles. The first-order valence-electron chi connectivity index (χ1n) is 7.99. The molecule has 0 aliphatic carbocycles. The highest BCUT2D eigenvalue weighted by Gasteiger charge is 2.24. The third kappa shape index (κ3) is 5.15. The average molecular weight is 298 g/mol. The fourth-order valence-corrected chi connectivity index (χ4v) is 2.90. The van der Waals surface area contributed by atoms with Gasteiger partial charge in [-0.15, -0.1) is 0 Å². The van der Waals surface area contributed by atoms with Gasteiger partial charge in [0.15, 0.2) is 0 Å². The molecule has 1 aromatic rings. The molecule has 0 radical (unpaired) electrons. The number of carbonyl (C=O) groups excluding carboxylic acids is 1. The number of nitrogens with zero attached hydrogens (tertiary/aromatic N) is 2. The molecule has 118 valence electrons. The number of benzene rings is 1. The molecular formula is C19H26N2O. The maximum Gasteiger partial charge on any atom is 0.246 e. The molecular weight excluding hydrogens is 272 g/mol. The average Bonchev–Trinajstić information content (AvgIpc) is 2.95. The summed E-state index contributed by atoms with van der Waals surface area (Å²) >= 11 is 0. The normalized spacial score (nSPS) is 19.3. The van der Waals surface area contributed by atoms with Gasteiger partial charge in [-0.1, -0.05) is 48.6 Å². The molecule has 0 saturated carbocycles. The van der Waals surface area contributed by atoms with Crippen LogP contribution in [0.25, 0.3) is 0 Å². The molecule has 1 unspecified atom stereocenters. The number of hydrogen-bond acceptors (Lipinski definition) is 2. The molecule has 1 atom stereocenters. The van der Waals surface area contributed by atoms with Crippen LogP contribution in [0.5, 0.6) is 0 Å². The Morgan fingerprint density at radius 1 is 1.32 bits per heavy atom. The van der Waals surface area contributed by atoms with E-state index in [1.54, 1.807) is 12.2 Å². The van der Waals surface area contributed by atoms with E-state index < -0.39 is 0 Å². The van der Waals surface area contributed by atoms with Crippen molar-refractivity contribution >= 4 is 5.91 Å². The highest BCUT2D eigenvalue weighted by molar-refractivity contribution is 5.87. The first-order chi connectivity index (χ1) is 10.7. The summed E-state index contributed by atoms with van der Waals surface area (Å²) in [5, 5.41) is 0. The van der Waals surface area contributed by atoms with Crippen molar-refractivity contribution in [1.29, 1.82) is 0 Å². The molecule has 1 amide bonds. The summed E-state index contributed by atoms with van der Waals surface area (Å²) in [5.41, 5.74) is 1.36. The molecule has 0 spiro atoms. The molecule has 1 aliphatic heterocycles. The molecule has 1 aromatic carbocycles. The molecule has 1 heterocycles. The van der Waals surface area contributed by atoms with E-state index in [9.17, 15) is 4.79 Å². The van der Waals surface area contributed by atoms with Crippen molar-refractivity contribution in [2.75, 3.05) is 26.7 Å². The van der Waals surface area contributed by atoms with Crippen molar-refractivity contribution in [2.45, 2.75) is 19.9 Å². The summed E-state index contributed by atoms with van der Waals surface area (Å²) < 4.78 is 0. The van der Waals surface area contributed by atoms with Crippen LogP contribution in [0.2, 0.25) is 0 Å². The van der Waals surface area contributed by atoms with Gasteiger partial charge in [-0.3, -0.25) is 9.69 Å². The largest absolute Gasteiger partial charge is 0.342 e. The van der Waals surface area contributed by atoms with E-state index >= 15 is 0 Å². The number of likely N-dealkylation sites (N-methyl/N-ethyl adjacent to an activating group) is 1. The van der Waals surface area contributed by atoms with Crippen molar-refractivity contribution in [3.8, 4) is 0 Å². The Morgan fingerprint density at radius 3 is 2.82 bits per heavy atom. The van der Waals surface area contributed by atoms with Gasteiger partial charge in [0.2, 0.25) is 5.91 Å². The highest BCUT2D eigenvalue weighted by atomic mass is 16.2. The molecule has 3 nitrogen and oxygen atoms in total. The lowest BCUT2D eigenvalue weighted by Gasteiger charge is -2.20. The van der Waals surface area contributed by atoms with Crippen LogP contribution in [0.15, 0.2) is 54.6 Å². The van der Waals surface area contributed by atoms with Crippen LogP contribution in [0, 0.1) is 5.92 Å². The number of amides is 1. The van der Waals surface area contributed by atoms with Gasteiger partial charge < -0.3 is 4.90 Å². The van der Waals surface area contributed by atoms with Gasteiger partial charge in [-0.2, -0.15) is 0 Å². The molecule has 3 heteroatoms. The highest BCUT2D eigenvalue weighted by Crippen LogP contribution is 2.19. The first-order valence-corrected chi connectivity index (χ1v) is 7.99. The van der Waals surface area contributed by atoms with Gasteiger partial charge in [-0.25, -0.2) is 0 Å². The summed E-state index contributed by atoms with van der Waals surface area (Å²) in [7, 11) is 1.89. The van der Waals surface area contributed by atoms with E-state index in [1.807, 2.05) is 31.0 Å². The van der Waals surface area contributed by atoms with Crippen LogP contribution >= 0.6 is 0 Å². The fourth-order valence-electron chi connectivity index (χ4n) is 2.90. The van der Waals surface area contributed by atoms with Gasteiger partial charge >= 0.3 is 0 Å². The van der Waals surface area contributed by atoms with Crippen LogP contribution in [-0.2, 0) is 11.3 Å². The predicted octanol–water partition coefficient (Wildman–Crippen LogP) is 3.10. The van der Waals surface area contributed by atoms with Gasteiger partial charge in [0.05, 0.1) is 0 Å². The zero-order valence-corrected chi connectivity index (χ0v) is 13.6. The van der Waals surface area contributed by atoms with E-state index in [2.05, 4.69) is 35.2 Å². The smallest absolute Gasteiger partial charge is 0.246 e. The molecule has 22 heavy (non-hydrogen) atoms. The number of hydrogen-bond donors (Lipinski definition) is 0. The van der Waals surface area contributed by atoms with Crippen LogP contribution in [0.1, 0.15) is 18.9 Å². The Kier molecular flexibility index (Phi) is 6.41. The summed E-state index contributed by atoms with van der Waals surface area (Å²) in [6.45, 7) is 5.99. The summed E-state index contributed by atoms with van der Waals surface area (Å²) in [6, 6.07) is 10.6. The van der Waals surface area contributed by atoms with Crippen LogP contribution in [-0.4, -0.2) is 42.4 Å². The lowest BCUT2D eigenvalue weighted by Crippen LogP contribution is -2.32. The predicted molar refractivity (Wildman–Crippen MR) is 91.4 cm³/mol. The molecule has 2 rings (SSSR count). The standard InChI is InChI=1S/C19H26N2O/c1-3-4-6-11-19(22)20(2)14-18-12-13-21(16-18)15-17-9-7-5-8-10-17/h3-11,18H,12-16H2,1-2H3/b4-3+,11-6+. The monoisotopic (exact) mass is 298 g/mol. The number of allylic oxidation sites excluding steroid dienone is 3. The topological polar surface area (TPSA) is 23.6 Å². The Hall–Kier alpha value is -1.87. The second kappa shape index (κ2) is 8.54. The minimum Gasteiger partial charge on any atom is -0.342 e. The Balaban J connectivity index is 1.77. The number of rotatable bonds is 6. The second-order valence-corrected chi connectivity index (χ2v) is 5.98. The molecule has 0 bridgehead atoms. The minimum atomic E-state index is 0.0830. The lowest BCUT2D eigenvalue weighted by atomic mass is 10.1. The van der Waals surface area contributed by atoms with Crippen molar-refractivity contribution in [2.24, 2.45) is 5.92 Å². The zero-order chi connectivity index (χ0) is 15.8. The van der Waals surface area contributed by atoms with Crippen molar-refractivity contribution < 1.29 is 4.79 Å². The zero-order valence-electron chi connectivity index (χ0n) is 13.6. The van der Waals surface area contributed by atoms with Gasteiger partial charge in [-0.05, 0) is 31.4 Å². The summed E-state index contributed by atoms with van der Waals surface area (Å²) in [4.78, 5) is 16.3. The van der Waals surface area contributed by atoms with Crippen molar-refractivity contribution in [3.63, 3.8) is 0 Å². The molecule has 1 aliphatic rings. The van der Waals surface area contributed by atoms with Crippen LogP contribution in [0.4, 0.5) is 0 Å². The van der Waals surface area contributed by atoms with E-state index in [0.29, 0.717) is 5.92 Å². The number of carbonyl (C=O) groups is 1. The summed E-state index contributed by atoms with van der Waals surface area (Å²) in [6.07, 6.45) is 8.40. The minimum absolute atomic E-state index is 0.0830. The summed E-state index contributed by atoms with van der Waals surface area (Å²) in [5.74, 6) is 0.660. The van der Waals surface area contributed by atoms with Crippen LogP contribution < -0.4 is 0 Å². The second-order valence-electron chi connectivity index (χ2n) is 5.98. The third-order valence-electron chi connectivity index (χ3n) is 4.07. The third-order valence-corrected chi connectivity index (χ3v) is 4.07. The number of likely N-dealkylation sites (tertiary alicyclic amines) is 1. The Morgan fingerprint density at radius 2 is 2.09 bits per heavy atom. The van der Waals surface area contributed by atoms with E-state index in [4.69, 9.17) is 0 Å². The Labute approximate surface area is 133 Å². The quantitative estimate of drug-likeness (QED) is 0.595.